The fourth-order valence-corrected chi connectivity index (χ4v) is 3.77. The summed E-state index contributed by atoms with van der Waals surface area (Å²) in [4.78, 5) is 25.8. The summed E-state index contributed by atoms with van der Waals surface area (Å²) in [7, 11) is 0. The second kappa shape index (κ2) is 6.90. The third-order valence-corrected chi connectivity index (χ3v) is 5.66. The molecule has 5 nitrogen and oxygen atoms in total. The molecule has 1 amide bonds. The fraction of sp³-hybridized carbons (Fsp3) is 0.529. The molecule has 0 spiro atoms. The molecule has 1 heterocycles. The predicted molar refractivity (Wildman–Crippen MR) is 90.6 cm³/mol. The van der Waals surface area contributed by atoms with Gasteiger partial charge in [0, 0.05) is 13.1 Å². The van der Waals surface area contributed by atoms with E-state index in [1.807, 2.05) is 6.07 Å². The summed E-state index contributed by atoms with van der Waals surface area (Å²) in [6, 6.07) is 5.36. The molecule has 1 aromatic rings. The number of carbonyl (C=O) groups is 2. The lowest BCUT2D eigenvalue weighted by atomic mass is 9.63. The Bertz CT molecular complexity index is 660. The Morgan fingerprint density at radius 1 is 1.29 bits per heavy atom. The van der Waals surface area contributed by atoms with Crippen LogP contribution in [0.4, 0.5) is 0 Å². The molecule has 2 fully saturated rings. The van der Waals surface area contributed by atoms with E-state index in [0.29, 0.717) is 29.7 Å². The minimum absolute atomic E-state index is 0.0332. The van der Waals surface area contributed by atoms with Crippen molar-refractivity contribution in [2.45, 2.75) is 37.2 Å². The molecule has 7 heteroatoms. The number of hydrogen-bond donors (Lipinski definition) is 1. The Balaban J connectivity index is 1.81. The molecule has 3 rings (SSSR count). The molecule has 2 aliphatic rings. The van der Waals surface area contributed by atoms with Crippen LogP contribution in [-0.2, 0) is 19.7 Å². The van der Waals surface area contributed by atoms with E-state index in [2.05, 4.69) is 0 Å². The maximum Gasteiger partial charge on any atom is 0.306 e. The Morgan fingerprint density at radius 2 is 2.04 bits per heavy atom. The fourth-order valence-electron chi connectivity index (χ4n) is 3.47. The van der Waals surface area contributed by atoms with E-state index in [1.165, 1.54) is 0 Å². The number of benzene rings is 1. The number of amides is 1. The van der Waals surface area contributed by atoms with Crippen LogP contribution in [0.1, 0.15) is 31.2 Å². The van der Waals surface area contributed by atoms with Gasteiger partial charge in [0.25, 0.3) is 0 Å². The van der Waals surface area contributed by atoms with Crippen molar-refractivity contribution in [3.05, 3.63) is 33.8 Å². The Hall–Kier alpha value is -1.30. The van der Waals surface area contributed by atoms with E-state index < -0.39 is 17.5 Å². The minimum atomic E-state index is -0.919. The number of rotatable bonds is 4. The highest BCUT2D eigenvalue weighted by atomic mass is 35.5. The molecule has 0 radical (unpaired) electrons. The van der Waals surface area contributed by atoms with Crippen molar-refractivity contribution in [3.63, 3.8) is 0 Å². The van der Waals surface area contributed by atoms with Crippen molar-refractivity contribution < 1.29 is 19.4 Å². The molecular weight excluding hydrogens is 353 g/mol. The number of carboxylic acids is 1. The van der Waals surface area contributed by atoms with Crippen LogP contribution in [-0.4, -0.2) is 47.7 Å². The van der Waals surface area contributed by atoms with Crippen LogP contribution in [0, 0.1) is 0 Å². The molecule has 24 heavy (non-hydrogen) atoms. The Kier molecular flexibility index (Phi) is 5.04. The number of aliphatic carboxylic acids is 1. The second-order valence-corrected chi connectivity index (χ2v) is 7.22. The Morgan fingerprint density at radius 3 is 2.62 bits per heavy atom. The van der Waals surface area contributed by atoms with E-state index in [9.17, 15) is 9.59 Å². The lowest BCUT2D eigenvalue weighted by Crippen LogP contribution is -2.55. The minimum Gasteiger partial charge on any atom is -0.481 e. The first-order valence-corrected chi connectivity index (χ1v) is 8.76. The van der Waals surface area contributed by atoms with Crippen LogP contribution in [0.3, 0.4) is 0 Å². The lowest BCUT2D eigenvalue weighted by molar-refractivity contribution is -0.153. The van der Waals surface area contributed by atoms with Crippen LogP contribution in [0.15, 0.2) is 18.2 Å². The molecule has 0 bridgehead atoms. The van der Waals surface area contributed by atoms with Crippen LogP contribution in [0.2, 0.25) is 10.0 Å². The number of hydrogen-bond acceptors (Lipinski definition) is 3. The molecule has 1 unspecified atom stereocenters. The average Bonchev–Trinajstić information content (AvgIpc) is 2.49. The molecule has 1 saturated heterocycles. The molecule has 1 aliphatic heterocycles. The van der Waals surface area contributed by atoms with Gasteiger partial charge in [0.1, 0.15) is 0 Å². The van der Waals surface area contributed by atoms with Gasteiger partial charge in [-0.1, -0.05) is 35.7 Å². The van der Waals surface area contributed by atoms with Crippen molar-refractivity contribution in [2.75, 3.05) is 19.7 Å². The van der Waals surface area contributed by atoms with Gasteiger partial charge in [0.2, 0.25) is 5.91 Å². The number of halogens is 2. The standard InChI is InChI=1S/C17H19Cl2NO4/c18-13-3-2-11(8-14(13)19)17(4-1-5-17)16(23)20-6-7-24-12(10-20)9-15(21)22/h2-3,8,12H,1,4-7,9-10H2,(H,21,22). The first kappa shape index (κ1) is 17.5. The molecule has 0 aromatic heterocycles. The lowest BCUT2D eigenvalue weighted by Gasteiger charge is -2.45. The van der Waals surface area contributed by atoms with Crippen molar-refractivity contribution in [2.24, 2.45) is 0 Å². The number of morpholine rings is 1. The third-order valence-electron chi connectivity index (χ3n) is 4.92. The van der Waals surface area contributed by atoms with E-state index in [0.717, 1.165) is 24.8 Å². The average molecular weight is 372 g/mol. The summed E-state index contributed by atoms with van der Waals surface area (Å²) in [6.45, 7) is 1.16. The summed E-state index contributed by atoms with van der Waals surface area (Å²) < 4.78 is 5.46. The molecular formula is C17H19Cl2NO4. The van der Waals surface area contributed by atoms with Gasteiger partial charge in [-0.25, -0.2) is 0 Å². The summed E-state index contributed by atoms with van der Waals surface area (Å²) >= 11 is 12.1. The van der Waals surface area contributed by atoms with Crippen molar-refractivity contribution >= 4 is 35.1 Å². The van der Waals surface area contributed by atoms with E-state index in [-0.39, 0.29) is 12.3 Å². The number of carboxylic acid groups (broad SMARTS) is 1. The van der Waals surface area contributed by atoms with Crippen LogP contribution in [0.5, 0.6) is 0 Å². The topological polar surface area (TPSA) is 66.8 Å². The zero-order chi connectivity index (χ0) is 17.3. The highest BCUT2D eigenvalue weighted by molar-refractivity contribution is 6.42. The summed E-state index contributed by atoms with van der Waals surface area (Å²) in [6.07, 6.45) is 1.97. The summed E-state index contributed by atoms with van der Waals surface area (Å²) in [5.74, 6) is -0.886. The molecule has 130 valence electrons. The van der Waals surface area contributed by atoms with E-state index in [4.69, 9.17) is 33.0 Å². The highest BCUT2D eigenvalue weighted by Gasteiger charge is 2.48. The van der Waals surface area contributed by atoms with Gasteiger partial charge in [-0.15, -0.1) is 0 Å². The number of carbonyl (C=O) groups excluding carboxylic acids is 1. The van der Waals surface area contributed by atoms with Gasteiger partial charge in [0.15, 0.2) is 0 Å². The van der Waals surface area contributed by atoms with Gasteiger partial charge >= 0.3 is 5.97 Å². The van der Waals surface area contributed by atoms with Crippen LogP contribution < -0.4 is 0 Å². The highest BCUT2D eigenvalue weighted by Crippen LogP contribution is 2.46. The van der Waals surface area contributed by atoms with E-state index >= 15 is 0 Å². The molecule has 1 saturated carbocycles. The molecule has 1 N–H and O–H groups in total. The largest absolute Gasteiger partial charge is 0.481 e. The van der Waals surface area contributed by atoms with Gasteiger partial charge in [-0.3, -0.25) is 9.59 Å². The van der Waals surface area contributed by atoms with E-state index in [1.54, 1.807) is 17.0 Å². The quantitative estimate of drug-likeness (QED) is 0.882. The van der Waals surface area contributed by atoms with Crippen molar-refractivity contribution in [3.8, 4) is 0 Å². The third kappa shape index (κ3) is 3.25. The van der Waals surface area contributed by atoms with Gasteiger partial charge in [0.05, 0.1) is 34.6 Å². The maximum atomic E-state index is 13.2. The zero-order valence-corrected chi connectivity index (χ0v) is 14.6. The first-order chi connectivity index (χ1) is 11.4. The first-order valence-electron chi connectivity index (χ1n) is 8.01. The monoisotopic (exact) mass is 371 g/mol. The van der Waals surface area contributed by atoms with Crippen molar-refractivity contribution in [1.82, 2.24) is 4.90 Å². The zero-order valence-electron chi connectivity index (χ0n) is 13.1. The second-order valence-electron chi connectivity index (χ2n) is 6.41. The van der Waals surface area contributed by atoms with Gasteiger partial charge in [-0.2, -0.15) is 0 Å². The molecule has 1 atom stereocenters. The summed E-state index contributed by atoms with van der Waals surface area (Å²) in [5, 5.41) is 9.84. The van der Waals surface area contributed by atoms with Crippen molar-refractivity contribution in [1.29, 1.82) is 0 Å². The molecule has 1 aliphatic carbocycles. The Labute approximate surface area is 150 Å². The molecule has 1 aromatic carbocycles. The maximum absolute atomic E-state index is 13.2. The smallest absolute Gasteiger partial charge is 0.306 e. The summed E-state index contributed by atoms with van der Waals surface area (Å²) in [5.41, 5.74) is 0.314. The normalized spacial score (nSPS) is 22.8. The SMILES string of the molecule is O=C(O)CC1CN(C(=O)C2(c3ccc(Cl)c(Cl)c3)CCC2)CCO1. The van der Waals surface area contributed by atoms with Crippen LogP contribution in [0.25, 0.3) is 0 Å². The van der Waals surface area contributed by atoms with Gasteiger partial charge in [-0.05, 0) is 30.5 Å². The number of ether oxygens (including phenoxy) is 1. The number of nitrogens with zero attached hydrogens (tertiary/aromatic N) is 1. The van der Waals surface area contributed by atoms with Crippen LogP contribution >= 0.6 is 23.2 Å². The predicted octanol–water partition coefficient (Wildman–Crippen LogP) is 3.12. The van der Waals surface area contributed by atoms with Gasteiger partial charge < -0.3 is 14.7 Å².